The molecule has 100 valence electrons. The van der Waals surface area contributed by atoms with Crippen LogP contribution in [0, 0.1) is 6.92 Å². The van der Waals surface area contributed by atoms with E-state index in [4.69, 9.17) is 4.42 Å². The Morgan fingerprint density at radius 1 is 1.47 bits per heavy atom. The molecule has 0 saturated heterocycles. The van der Waals surface area contributed by atoms with Gasteiger partial charge in [-0.15, -0.1) is 10.2 Å². The maximum atomic E-state index is 12.0. The van der Waals surface area contributed by atoms with Gasteiger partial charge < -0.3 is 14.3 Å². The Kier molecular flexibility index (Phi) is 2.85. The fourth-order valence-electron chi connectivity index (χ4n) is 2.38. The summed E-state index contributed by atoms with van der Waals surface area (Å²) in [6.45, 7) is 4.65. The molecule has 0 aromatic carbocycles. The van der Waals surface area contributed by atoms with Gasteiger partial charge in [0.05, 0.1) is 6.04 Å². The molecule has 0 spiro atoms. The van der Waals surface area contributed by atoms with Crippen molar-refractivity contribution < 1.29 is 9.21 Å². The number of carbonyl (C=O) groups excluding carboxylic acids is 1. The normalized spacial score (nSPS) is 15.3. The van der Waals surface area contributed by atoms with Crippen molar-refractivity contribution in [1.82, 2.24) is 20.1 Å². The molecule has 0 saturated carbocycles. The van der Waals surface area contributed by atoms with Crippen molar-refractivity contribution in [2.45, 2.75) is 39.3 Å². The molecule has 0 radical (unpaired) electrons. The summed E-state index contributed by atoms with van der Waals surface area (Å²) in [5, 5.41) is 11.2. The molecule has 3 heterocycles. The van der Waals surface area contributed by atoms with Gasteiger partial charge in [0.15, 0.2) is 11.6 Å². The van der Waals surface area contributed by atoms with Gasteiger partial charge in [-0.05, 0) is 32.4 Å². The largest absolute Gasteiger partial charge is 0.456 e. The maximum Gasteiger partial charge on any atom is 0.287 e. The maximum absolute atomic E-state index is 12.0. The molecule has 1 unspecified atom stereocenters. The monoisotopic (exact) mass is 260 g/mol. The molecule has 0 aliphatic carbocycles. The van der Waals surface area contributed by atoms with Crippen LogP contribution in [0.3, 0.4) is 0 Å². The molecule has 2 aromatic rings. The highest BCUT2D eigenvalue weighted by molar-refractivity contribution is 5.91. The highest BCUT2D eigenvalue weighted by Crippen LogP contribution is 2.19. The predicted octanol–water partition coefficient (Wildman–Crippen LogP) is 1.62. The van der Waals surface area contributed by atoms with Crippen molar-refractivity contribution in [3.63, 3.8) is 0 Å². The van der Waals surface area contributed by atoms with Gasteiger partial charge in [0, 0.05) is 13.0 Å². The first-order chi connectivity index (χ1) is 9.15. The first-order valence-electron chi connectivity index (χ1n) is 6.44. The third kappa shape index (κ3) is 2.14. The average molecular weight is 260 g/mol. The SMILES string of the molecule is Cc1ccc(C(=O)NC(C)c2nnc3n2CCC3)o1. The van der Waals surface area contributed by atoms with E-state index in [2.05, 4.69) is 20.1 Å². The Bertz CT molecular complexity index is 614. The first kappa shape index (κ1) is 12.0. The Hall–Kier alpha value is -2.11. The number of nitrogens with one attached hydrogen (secondary N) is 1. The van der Waals surface area contributed by atoms with Crippen LogP contribution < -0.4 is 5.32 Å². The third-order valence-corrected chi connectivity index (χ3v) is 3.34. The van der Waals surface area contributed by atoms with Crippen LogP contribution in [0.4, 0.5) is 0 Å². The molecule has 6 heteroatoms. The molecule has 0 bridgehead atoms. The van der Waals surface area contributed by atoms with Gasteiger partial charge in [0.2, 0.25) is 0 Å². The Morgan fingerprint density at radius 2 is 2.32 bits per heavy atom. The standard InChI is InChI=1S/C13H16N4O2/c1-8-5-6-10(19-8)13(18)14-9(2)12-16-15-11-4-3-7-17(11)12/h5-6,9H,3-4,7H2,1-2H3,(H,14,18). The molecule has 1 amide bonds. The molecular weight excluding hydrogens is 244 g/mol. The van der Waals surface area contributed by atoms with Crippen molar-refractivity contribution in [3.05, 3.63) is 35.3 Å². The molecule has 1 aliphatic rings. The van der Waals surface area contributed by atoms with Gasteiger partial charge >= 0.3 is 0 Å². The second-order valence-corrected chi connectivity index (χ2v) is 4.84. The summed E-state index contributed by atoms with van der Waals surface area (Å²) in [6.07, 6.45) is 2.06. The number of aromatic nitrogens is 3. The molecule has 3 rings (SSSR count). The molecule has 1 aliphatic heterocycles. The zero-order chi connectivity index (χ0) is 13.4. The number of carbonyl (C=O) groups is 1. The van der Waals surface area contributed by atoms with Crippen LogP contribution in [0.1, 0.15) is 47.4 Å². The van der Waals surface area contributed by atoms with Gasteiger partial charge in [-0.1, -0.05) is 0 Å². The van der Waals surface area contributed by atoms with E-state index in [1.807, 2.05) is 13.8 Å². The first-order valence-corrected chi connectivity index (χ1v) is 6.44. The lowest BCUT2D eigenvalue weighted by Gasteiger charge is -2.12. The van der Waals surface area contributed by atoms with E-state index in [1.54, 1.807) is 12.1 Å². The number of amides is 1. The second-order valence-electron chi connectivity index (χ2n) is 4.84. The number of hydrogen-bond donors (Lipinski definition) is 1. The van der Waals surface area contributed by atoms with E-state index >= 15 is 0 Å². The van der Waals surface area contributed by atoms with Gasteiger partial charge in [-0.25, -0.2) is 0 Å². The molecule has 2 aromatic heterocycles. The van der Waals surface area contributed by atoms with Crippen LogP contribution in [0.2, 0.25) is 0 Å². The average Bonchev–Trinajstić information content (AvgIpc) is 3.02. The molecule has 6 nitrogen and oxygen atoms in total. The van der Waals surface area contributed by atoms with E-state index in [9.17, 15) is 4.79 Å². The lowest BCUT2D eigenvalue weighted by atomic mass is 10.3. The zero-order valence-electron chi connectivity index (χ0n) is 11.0. The molecule has 19 heavy (non-hydrogen) atoms. The van der Waals surface area contributed by atoms with Gasteiger partial charge in [0.1, 0.15) is 11.6 Å². The molecule has 1 atom stereocenters. The highest BCUT2D eigenvalue weighted by Gasteiger charge is 2.23. The minimum Gasteiger partial charge on any atom is -0.456 e. The Balaban J connectivity index is 1.74. The third-order valence-electron chi connectivity index (χ3n) is 3.34. The van der Waals surface area contributed by atoms with Crippen molar-refractivity contribution in [3.8, 4) is 0 Å². The number of hydrogen-bond acceptors (Lipinski definition) is 4. The van der Waals surface area contributed by atoms with Crippen LogP contribution >= 0.6 is 0 Å². The summed E-state index contributed by atoms with van der Waals surface area (Å²) in [5.74, 6) is 2.64. The van der Waals surface area contributed by atoms with Crippen LogP contribution in [0.25, 0.3) is 0 Å². The lowest BCUT2D eigenvalue weighted by molar-refractivity contribution is 0.0908. The summed E-state index contributed by atoms with van der Waals surface area (Å²) in [4.78, 5) is 12.0. The Morgan fingerprint density at radius 3 is 3.05 bits per heavy atom. The number of furan rings is 1. The van der Waals surface area contributed by atoms with E-state index in [1.165, 1.54) is 0 Å². The summed E-state index contributed by atoms with van der Waals surface area (Å²) in [6, 6.07) is 3.26. The number of fused-ring (bicyclic) bond motifs is 1. The van der Waals surface area contributed by atoms with Gasteiger partial charge in [-0.3, -0.25) is 4.79 Å². The summed E-state index contributed by atoms with van der Waals surface area (Å²) < 4.78 is 7.38. The fraction of sp³-hybridized carbons (Fsp3) is 0.462. The minimum atomic E-state index is -0.226. The van der Waals surface area contributed by atoms with Crippen molar-refractivity contribution in [2.24, 2.45) is 0 Å². The second kappa shape index (κ2) is 4.53. The molecule has 0 fully saturated rings. The fourth-order valence-corrected chi connectivity index (χ4v) is 2.38. The minimum absolute atomic E-state index is 0.183. The van der Waals surface area contributed by atoms with Gasteiger partial charge in [-0.2, -0.15) is 0 Å². The Labute approximate surface area is 110 Å². The van der Waals surface area contributed by atoms with Gasteiger partial charge in [0.25, 0.3) is 5.91 Å². The van der Waals surface area contributed by atoms with Crippen molar-refractivity contribution in [1.29, 1.82) is 0 Å². The number of aryl methyl sites for hydroxylation is 2. The molecular formula is C13H16N4O2. The van der Waals surface area contributed by atoms with E-state index in [0.29, 0.717) is 5.76 Å². The van der Waals surface area contributed by atoms with Crippen molar-refractivity contribution >= 4 is 5.91 Å². The van der Waals surface area contributed by atoms with Crippen LogP contribution in [-0.2, 0) is 13.0 Å². The van der Waals surface area contributed by atoms with Crippen LogP contribution in [0.5, 0.6) is 0 Å². The summed E-state index contributed by atoms with van der Waals surface area (Å²) >= 11 is 0. The molecule has 1 N–H and O–H groups in total. The quantitative estimate of drug-likeness (QED) is 0.910. The van der Waals surface area contributed by atoms with Crippen molar-refractivity contribution in [2.75, 3.05) is 0 Å². The topological polar surface area (TPSA) is 73.0 Å². The zero-order valence-corrected chi connectivity index (χ0v) is 11.0. The van der Waals surface area contributed by atoms with E-state index in [0.717, 1.165) is 36.8 Å². The smallest absolute Gasteiger partial charge is 0.287 e. The lowest BCUT2D eigenvalue weighted by Crippen LogP contribution is -2.28. The van der Waals surface area contributed by atoms with Crippen LogP contribution in [0.15, 0.2) is 16.5 Å². The van der Waals surface area contributed by atoms with E-state index in [-0.39, 0.29) is 11.9 Å². The number of rotatable bonds is 3. The summed E-state index contributed by atoms with van der Waals surface area (Å²) in [7, 11) is 0. The van der Waals surface area contributed by atoms with E-state index < -0.39 is 0 Å². The number of nitrogens with zero attached hydrogens (tertiary/aromatic N) is 3. The van der Waals surface area contributed by atoms with Crippen LogP contribution in [-0.4, -0.2) is 20.7 Å². The summed E-state index contributed by atoms with van der Waals surface area (Å²) in [5.41, 5.74) is 0. The predicted molar refractivity (Wildman–Crippen MR) is 67.7 cm³/mol. The highest BCUT2D eigenvalue weighted by atomic mass is 16.3.